The fourth-order valence-corrected chi connectivity index (χ4v) is 2.40. The SMILES string of the molecule is Cc1ccnc(NS(=O)(=O)c2ccc(C(=O)O)cc2)n1. The van der Waals surface area contributed by atoms with Gasteiger partial charge in [-0.1, -0.05) is 0 Å². The summed E-state index contributed by atoms with van der Waals surface area (Å²) in [7, 11) is -3.84. The highest BCUT2D eigenvalue weighted by atomic mass is 32.2. The first kappa shape index (κ1) is 13.9. The first-order valence-electron chi connectivity index (χ1n) is 5.54. The lowest BCUT2D eigenvalue weighted by molar-refractivity contribution is 0.0696. The van der Waals surface area contributed by atoms with Crippen LogP contribution in [0.5, 0.6) is 0 Å². The lowest BCUT2D eigenvalue weighted by Crippen LogP contribution is -2.15. The van der Waals surface area contributed by atoms with Crippen molar-refractivity contribution in [1.82, 2.24) is 9.97 Å². The number of carboxylic acid groups (broad SMARTS) is 1. The van der Waals surface area contributed by atoms with E-state index in [1.807, 2.05) is 0 Å². The number of hydrogen-bond acceptors (Lipinski definition) is 5. The third-order valence-electron chi connectivity index (χ3n) is 2.43. The number of aryl methyl sites for hydroxylation is 1. The maximum Gasteiger partial charge on any atom is 0.335 e. The van der Waals surface area contributed by atoms with Crippen molar-refractivity contribution in [3.63, 3.8) is 0 Å². The van der Waals surface area contributed by atoms with Gasteiger partial charge in [0.15, 0.2) is 0 Å². The molecule has 8 heteroatoms. The number of nitrogens with zero attached hydrogens (tertiary/aromatic N) is 2. The van der Waals surface area contributed by atoms with Gasteiger partial charge in [0, 0.05) is 11.9 Å². The van der Waals surface area contributed by atoms with E-state index < -0.39 is 16.0 Å². The molecule has 0 saturated carbocycles. The van der Waals surface area contributed by atoms with Crippen LogP contribution < -0.4 is 4.72 Å². The summed E-state index contributed by atoms with van der Waals surface area (Å²) in [5.41, 5.74) is 0.634. The second kappa shape index (κ2) is 5.25. The molecule has 1 aromatic carbocycles. The van der Waals surface area contributed by atoms with Crippen LogP contribution in [0.2, 0.25) is 0 Å². The second-order valence-corrected chi connectivity index (χ2v) is 5.64. The number of rotatable bonds is 4. The highest BCUT2D eigenvalue weighted by Gasteiger charge is 2.16. The number of aromatic carboxylic acids is 1. The largest absolute Gasteiger partial charge is 0.478 e. The van der Waals surface area contributed by atoms with Crippen LogP contribution in [0, 0.1) is 6.92 Å². The molecule has 0 aliphatic rings. The number of carboxylic acids is 1. The Morgan fingerprint density at radius 1 is 1.20 bits per heavy atom. The third-order valence-corrected chi connectivity index (χ3v) is 3.78. The third kappa shape index (κ3) is 3.09. The second-order valence-electron chi connectivity index (χ2n) is 3.96. The zero-order valence-corrected chi connectivity index (χ0v) is 11.3. The average Bonchev–Trinajstić information content (AvgIpc) is 2.38. The number of carbonyl (C=O) groups is 1. The molecule has 0 amide bonds. The van der Waals surface area contributed by atoms with E-state index in [9.17, 15) is 13.2 Å². The molecule has 0 aliphatic carbocycles. The number of nitrogens with one attached hydrogen (secondary N) is 1. The Labute approximate surface area is 115 Å². The van der Waals surface area contributed by atoms with Crippen molar-refractivity contribution in [3.8, 4) is 0 Å². The zero-order chi connectivity index (χ0) is 14.8. The lowest BCUT2D eigenvalue weighted by Gasteiger charge is -2.07. The molecule has 2 N–H and O–H groups in total. The smallest absolute Gasteiger partial charge is 0.335 e. The molecule has 0 unspecified atom stereocenters. The summed E-state index contributed by atoms with van der Waals surface area (Å²) >= 11 is 0. The monoisotopic (exact) mass is 293 g/mol. The predicted molar refractivity (Wildman–Crippen MR) is 71.0 cm³/mol. The minimum Gasteiger partial charge on any atom is -0.478 e. The van der Waals surface area contributed by atoms with E-state index >= 15 is 0 Å². The number of hydrogen-bond donors (Lipinski definition) is 2. The molecule has 0 aliphatic heterocycles. The van der Waals surface area contributed by atoms with E-state index in [2.05, 4.69) is 14.7 Å². The Kier molecular flexibility index (Phi) is 3.66. The van der Waals surface area contributed by atoms with Crippen LogP contribution in [-0.2, 0) is 10.0 Å². The van der Waals surface area contributed by atoms with Gasteiger partial charge in [0.25, 0.3) is 10.0 Å². The molecule has 1 heterocycles. The van der Waals surface area contributed by atoms with Crippen molar-refractivity contribution in [2.24, 2.45) is 0 Å². The summed E-state index contributed by atoms with van der Waals surface area (Å²) in [6.07, 6.45) is 1.44. The van der Waals surface area contributed by atoms with Gasteiger partial charge in [0.2, 0.25) is 5.95 Å². The standard InChI is InChI=1S/C12H11N3O4S/c1-8-6-7-13-12(14-8)15-20(18,19)10-4-2-9(3-5-10)11(16)17/h2-7H,1H3,(H,16,17)(H,13,14,15). The average molecular weight is 293 g/mol. The van der Waals surface area contributed by atoms with Crippen LogP contribution in [0.3, 0.4) is 0 Å². The van der Waals surface area contributed by atoms with Crippen LogP contribution in [0.4, 0.5) is 5.95 Å². The molecule has 0 saturated heterocycles. The van der Waals surface area contributed by atoms with Gasteiger partial charge < -0.3 is 5.11 Å². The maximum atomic E-state index is 12.1. The molecule has 7 nitrogen and oxygen atoms in total. The van der Waals surface area contributed by atoms with Crippen molar-refractivity contribution < 1.29 is 18.3 Å². The number of sulfonamides is 1. The normalized spacial score (nSPS) is 11.1. The highest BCUT2D eigenvalue weighted by molar-refractivity contribution is 7.92. The minimum absolute atomic E-state index is 0.00996. The Morgan fingerprint density at radius 3 is 2.40 bits per heavy atom. The summed E-state index contributed by atoms with van der Waals surface area (Å²) in [6.45, 7) is 1.71. The molecule has 2 aromatic rings. The summed E-state index contributed by atoms with van der Waals surface area (Å²) in [4.78, 5) is 18.4. The van der Waals surface area contributed by atoms with E-state index in [0.717, 1.165) is 0 Å². The van der Waals surface area contributed by atoms with Gasteiger partial charge in [0.1, 0.15) is 0 Å². The molecule has 0 bridgehead atoms. The molecule has 0 radical (unpaired) electrons. The van der Waals surface area contributed by atoms with Gasteiger partial charge in [-0.2, -0.15) is 0 Å². The predicted octanol–water partition coefficient (Wildman–Crippen LogP) is 1.28. The summed E-state index contributed by atoms with van der Waals surface area (Å²) in [5, 5.41) is 8.76. The van der Waals surface area contributed by atoms with Gasteiger partial charge in [-0.25, -0.2) is 27.9 Å². The molecule has 0 fully saturated rings. The zero-order valence-electron chi connectivity index (χ0n) is 10.4. The quantitative estimate of drug-likeness (QED) is 0.879. The molecule has 0 spiro atoms. The molecule has 1 aromatic heterocycles. The number of aromatic nitrogens is 2. The summed E-state index contributed by atoms with van der Waals surface area (Å²) in [5.74, 6) is -1.16. The Hall–Kier alpha value is -2.48. The maximum absolute atomic E-state index is 12.1. The molecular weight excluding hydrogens is 282 g/mol. The Morgan fingerprint density at radius 2 is 1.85 bits per heavy atom. The molecule has 0 atom stereocenters. The van der Waals surface area contributed by atoms with Crippen molar-refractivity contribution >= 4 is 21.9 Å². The van der Waals surface area contributed by atoms with E-state index in [0.29, 0.717) is 5.69 Å². The van der Waals surface area contributed by atoms with Gasteiger partial charge in [-0.05, 0) is 37.3 Å². The Bertz CT molecular complexity index is 742. The van der Waals surface area contributed by atoms with Crippen LogP contribution in [0.1, 0.15) is 16.1 Å². The number of anilines is 1. The first-order valence-corrected chi connectivity index (χ1v) is 7.02. The molecule has 20 heavy (non-hydrogen) atoms. The first-order chi connectivity index (χ1) is 9.38. The van der Waals surface area contributed by atoms with E-state index in [4.69, 9.17) is 5.11 Å². The molecule has 104 valence electrons. The van der Waals surface area contributed by atoms with Crippen LogP contribution >= 0.6 is 0 Å². The van der Waals surface area contributed by atoms with Gasteiger partial charge in [0.05, 0.1) is 10.5 Å². The summed E-state index contributed by atoms with van der Waals surface area (Å²) in [6, 6.07) is 6.49. The van der Waals surface area contributed by atoms with Crippen molar-refractivity contribution in [2.45, 2.75) is 11.8 Å². The van der Waals surface area contributed by atoms with Gasteiger partial charge in [-0.3, -0.25) is 0 Å². The fraction of sp³-hybridized carbons (Fsp3) is 0.0833. The van der Waals surface area contributed by atoms with E-state index in [1.54, 1.807) is 13.0 Å². The van der Waals surface area contributed by atoms with Crippen LogP contribution in [0.15, 0.2) is 41.4 Å². The van der Waals surface area contributed by atoms with Crippen molar-refractivity contribution in [1.29, 1.82) is 0 Å². The summed E-state index contributed by atoms with van der Waals surface area (Å²) < 4.78 is 26.3. The Balaban J connectivity index is 2.28. The highest BCUT2D eigenvalue weighted by Crippen LogP contribution is 2.14. The van der Waals surface area contributed by atoms with Crippen molar-refractivity contribution in [2.75, 3.05) is 4.72 Å². The lowest BCUT2D eigenvalue weighted by atomic mass is 10.2. The van der Waals surface area contributed by atoms with Crippen LogP contribution in [-0.4, -0.2) is 29.5 Å². The van der Waals surface area contributed by atoms with E-state index in [1.165, 1.54) is 30.5 Å². The number of benzene rings is 1. The molecule has 2 rings (SSSR count). The van der Waals surface area contributed by atoms with Crippen molar-refractivity contribution in [3.05, 3.63) is 47.8 Å². The topological polar surface area (TPSA) is 109 Å². The van der Waals surface area contributed by atoms with Crippen LogP contribution in [0.25, 0.3) is 0 Å². The minimum atomic E-state index is -3.84. The van der Waals surface area contributed by atoms with Gasteiger partial charge >= 0.3 is 5.97 Å². The van der Waals surface area contributed by atoms with Gasteiger partial charge in [-0.15, -0.1) is 0 Å². The van der Waals surface area contributed by atoms with E-state index in [-0.39, 0.29) is 16.4 Å². The molecular formula is C12H11N3O4S. The fourth-order valence-electron chi connectivity index (χ4n) is 1.45.